The number of hydrogen-bond acceptors (Lipinski definition) is 2. The number of anilines is 1. The number of carbonyl (C=O) groups is 1. The van der Waals surface area contributed by atoms with Crippen LogP contribution in [0.5, 0.6) is 0 Å². The Morgan fingerprint density at radius 2 is 2.00 bits per heavy atom. The topological polar surface area (TPSA) is 40.5 Å². The monoisotopic (exact) mass is 301 g/mol. The standard InChI is InChI=1S/C19H27NO2/c1-12(2)20-16-7-6-13(19(5)9-14(19)11-21)8-15(16)18(3,4)10-17(20)22/h6-8,12,14,21H,9-11H2,1-5H3. The molecule has 2 unspecified atom stereocenters. The highest BCUT2D eigenvalue weighted by molar-refractivity contribution is 5.98. The van der Waals surface area contributed by atoms with Gasteiger partial charge in [-0.15, -0.1) is 0 Å². The lowest BCUT2D eigenvalue weighted by atomic mass is 9.75. The van der Waals surface area contributed by atoms with E-state index in [1.807, 2.05) is 4.90 Å². The predicted octanol–water partition coefficient (Wildman–Crippen LogP) is 3.38. The van der Waals surface area contributed by atoms with E-state index in [2.05, 4.69) is 52.8 Å². The van der Waals surface area contributed by atoms with Crippen molar-refractivity contribution in [2.75, 3.05) is 11.5 Å². The summed E-state index contributed by atoms with van der Waals surface area (Å²) in [6.45, 7) is 10.9. The van der Waals surface area contributed by atoms with Crippen LogP contribution in [-0.4, -0.2) is 23.7 Å². The van der Waals surface area contributed by atoms with Gasteiger partial charge in [0.15, 0.2) is 0 Å². The third-order valence-corrected chi connectivity index (χ3v) is 5.65. The highest BCUT2D eigenvalue weighted by Gasteiger charge is 2.51. The normalized spacial score (nSPS) is 29.7. The Morgan fingerprint density at radius 3 is 2.55 bits per heavy atom. The third kappa shape index (κ3) is 2.18. The minimum atomic E-state index is -0.131. The van der Waals surface area contributed by atoms with Crippen molar-refractivity contribution < 1.29 is 9.90 Å². The Labute approximate surface area is 133 Å². The molecular weight excluding hydrogens is 274 g/mol. The van der Waals surface area contributed by atoms with Gasteiger partial charge >= 0.3 is 0 Å². The van der Waals surface area contributed by atoms with Crippen molar-refractivity contribution in [2.45, 2.75) is 64.3 Å². The van der Waals surface area contributed by atoms with Crippen LogP contribution >= 0.6 is 0 Å². The Morgan fingerprint density at radius 1 is 1.32 bits per heavy atom. The van der Waals surface area contributed by atoms with E-state index in [1.54, 1.807) is 0 Å². The number of rotatable bonds is 3. The van der Waals surface area contributed by atoms with Gasteiger partial charge in [0.05, 0.1) is 0 Å². The Kier molecular flexibility index (Phi) is 3.41. The summed E-state index contributed by atoms with van der Waals surface area (Å²) in [4.78, 5) is 14.4. The fraction of sp³-hybridized carbons (Fsp3) is 0.632. The summed E-state index contributed by atoms with van der Waals surface area (Å²) in [7, 11) is 0. The molecule has 0 spiro atoms. The van der Waals surface area contributed by atoms with Crippen molar-refractivity contribution in [3.63, 3.8) is 0 Å². The highest BCUT2D eigenvalue weighted by Crippen LogP contribution is 2.55. The zero-order valence-corrected chi connectivity index (χ0v) is 14.3. The largest absolute Gasteiger partial charge is 0.396 e. The van der Waals surface area contributed by atoms with Gasteiger partial charge in [-0.05, 0) is 48.8 Å². The molecule has 0 bridgehead atoms. The second-order valence-corrected chi connectivity index (χ2v) is 8.15. The maximum absolute atomic E-state index is 12.5. The van der Waals surface area contributed by atoms with Gasteiger partial charge in [-0.3, -0.25) is 4.79 Å². The van der Waals surface area contributed by atoms with Crippen LogP contribution < -0.4 is 4.90 Å². The summed E-state index contributed by atoms with van der Waals surface area (Å²) >= 11 is 0. The number of aliphatic hydroxyl groups excluding tert-OH is 1. The molecule has 1 heterocycles. The van der Waals surface area contributed by atoms with E-state index in [1.165, 1.54) is 11.1 Å². The summed E-state index contributed by atoms with van der Waals surface area (Å²) < 4.78 is 0. The molecule has 1 aromatic rings. The van der Waals surface area contributed by atoms with Crippen molar-refractivity contribution in [1.29, 1.82) is 0 Å². The van der Waals surface area contributed by atoms with Gasteiger partial charge in [0.25, 0.3) is 0 Å². The van der Waals surface area contributed by atoms with E-state index in [0.717, 1.165) is 12.1 Å². The van der Waals surface area contributed by atoms with Crippen molar-refractivity contribution in [3.05, 3.63) is 29.3 Å². The zero-order valence-electron chi connectivity index (χ0n) is 14.3. The van der Waals surface area contributed by atoms with Crippen LogP contribution in [0.25, 0.3) is 0 Å². The third-order valence-electron chi connectivity index (χ3n) is 5.65. The van der Waals surface area contributed by atoms with Crippen LogP contribution in [0, 0.1) is 5.92 Å². The van der Waals surface area contributed by atoms with Crippen molar-refractivity contribution in [3.8, 4) is 0 Å². The van der Waals surface area contributed by atoms with Crippen LogP contribution in [-0.2, 0) is 15.6 Å². The molecule has 0 saturated heterocycles. The number of nitrogens with zero attached hydrogens (tertiary/aromatic N) is 1. The summed E-state index contributed by atoms with van der Waals surface area (Å²) in [5, 5.41) is 9.44. The smallest absolute Gasteiger partial charge is 0.228 e. The van der Waals surface area contributed by atoms with E-state index >= 15 is 0 Å². The van der Waals surface area contributed by atoms with Gasteiger partial charge in [0.2, 0.25) is 5.91 Å². The molecule has 22 heavy (non-hydrogen) atoms. The van der Waals surface area contributed by atoms with Gasteiger partial charge in [-0.2, -0.15) is 0 Å². The first kappa shape index (κ1) is 15.5. The average molecular weight is 301 g/mol. The first-order valence-electron chi connectivity index (χ1n) is 8.28. The molecule has 1 amide bonds. The van der Waals surface area contributed by atoms with Gasteiger partial charge in [-0.25, -0.2) is 0 Å². The first-order chi connectivity index (χ1) is 10.2. The number of hydrogen-bond donors (Lipinski definition) is 1. The lowest BCUT2D eigenvalue weighted by Gasteiger charge is -2.41. The molecule has 120 valence electrons. The lowest BCUT2D eigenvalue weighted by Crippen LogP contribution is -2.45. The van der Waals surface area contributed by atoms with Gasteiger partial charge in [0.1, 0.15) is 0 Å². The van der Waals surface area contributed by atoms with E-state index in [-0.39, 0.29) is 29.4 Å². The maximum Gasteiger partial charge on any atom is 0.228 e. The second kappa shape index (κ2) is 4.82. The summed E-state index contributed by atoms with van der Waals surface area (Å²) in [6.07, 6.45) is 1.61. The molecule has 1 N–H and O–H groups in total. The quantitative estimate of drug-likeness (QED) is 0.930. The van der Waals surface area contributed by atoms with E-state index in [4.69, 9.17) is 0 Å². The average Bonchev–Trinajstić information content (AvgIpc) is 3.09. The number of amides is 1. The van der Waals surface area contributed by atoms with Crippen LogP contribution in [0.15, 0.2) is 18.2 Å². The number of aliphatic hydroxyl groups is 1. The molecule has 0 aromatic heterocycles. The fourth-order valence-corrected chi connectivity index (χ4v) is 3.97. The zero-order chi connectivity index (χ0) is 16.3. The fourth-order valence-electron chi connectivity index (χ4n) is 3.97. The summed E-state index contributed by atoms with van der Waals surface area (Å²) in [5.41, 5.74) is 3.60. The number of benzene rings is 1. The molecule has 0 radical (unpaired) electrons. The number of carbonyl (C=O) groups excluding carboxylic acids is 1. The van der Waals surface area contributed by atoms with Crippen molar-refractivity contribution >= 4 is 11.6 Å². The van der Waals surface area contributed by atoms with Crippen LogP contribution in [0.3, 0.4) is 0 Å². The molecule has 3 nitrogen and oxygen atoms in total. The van der Waals surface area contributed by atoms with Gasteiger partial charge < -0.3 is 10.0 Å². The van der Waals surface area contributed by atoms with E-state index in [9.17, 15) is 9.90 Å². The molecule has 3 heteroatoms. The lowest BCUT2D eigenvalue weighted by molar-refractivity contribution is -0.120. The van der Waals surface area contributed by atoms with Crippen molar-refractivity contribution in [1.82, 2.24) is 0 Å². The second-order valence-electron chi connectivity index (χ2n) is 8.15. The summed E-state index contributed by atoms with van der Waals surface area (Å²) in [5.74, 6) is 0.589. The SMILES string of the molecule is CC(C)N1C(=O)CC(C)(C)c2cc(C3(C)CC3CO)ccc21. The first-order valence-corrected chi connectivity index (χ1v) is 8.28. The van der Waals surface area contributed by atoms with Crippen LogP contribution in [0.4, 0.5) is 5.69 Å². The highest BCUT2D eigenvalue weighted by atomic mass is 16.3. The maximum atomic E-state index is 12.5. The van der Waals surface area contributed by atoms with Crippen LogP contribution in [0.1, 0.15) is 58.6 Å². The van der Waals surface area contributed by atoms with Crippen molar-refractivity contribution in [2.24, 2.45) is 5.92 Å². The summed E-state index contributed by atoms with van der Waals surface area (Å²) in [6, 6.07) is 6.72. The molecule has 2 aliphatic rings. The molecular formula is C19H27NO2. The Hall–Kier alpha value is -1.35. The molecule has 1 aromatic carbocycles. The molecule has 2 atom stereocenters. The Balaban J connectivity index is 2.09. The minimum Gasteiger partial charge on any atom is -0.396 e. The minimum absolute atomic E-state index is 0.101. The van der Waals surface area contributed by atoms with E-state index in [0.29, 0.717) is 12.3 Å². The van der Waals surface area contributed by atoms with Gasteiger partial charge in [-0.1, -0.05) is 32.9 Å². The van der Waals surface area contributed by atoms with Crippen LogP contribution in [0.2, 0.25) is 0 Å². The molecule has 1 aliphatic heterocycles. The van der Waals surface area contributed by atoms with E-state index < -0.39 is 0 Å². The molecule has 1 fully saturated rings. The Bertz CT molecular complexity index is 620. The molecule has 1 aliphatic carbocycles. The predicted molar refractivity (Wildman–Crippen MR) is 89.3 cm³/mol. The molecule has 1 saturated carbocycles. The van der Waals surface area contributed by atoms with Gasteiger partial charge in [0, 0.05) is 30.2 Å². The molecule has 3 rings (SSSR count). The number of fused-ring (bicyclic) bond motifs is 1.